The quantitative estimate of drug-likeness (QED) is 0.780. The molecule has 0 aliphatic heterocycles. The Morgan fingerprint density at radius 1 is 1.31 bits per heavy atom. The molecule has 0 saturated heterocycles. The molecule has 0 atom stereocenters. The summed E-state index contributed by atoms with van der Waals surface area (Å²) < 4.78 is 12.9. The molecule has 0 fully saturated rings. The highest BCUT2D eigenvalue weighted by molar-refractivity contribution is 5.32. The molecule has 0 spiro atoms. The van der Waals surface area contributed by atoms with Gasteiger partial charge in [0.05, 0.1) is 0 Å². The first-order chi connectivity index (χ1) is 7.67. The zero-order chi connectivity index (χ0) is 12.0. The first kappa shape index (κ1) is 13.0. The zero-order valence-corrected chi connectivity index (χ0v) is 9.96. The van der Waals surface area contributed by atoms with Crippen molar-refractivity contribution in [1.29, 1.82) is 0 Å². The van der Waals surface area contributed by atoms with Crippen LogP contribution in [-0.4, -0.2) is 11.7 Å². The molecule has 0 heterocycles. The third kappa shape index (κ3) is 3.81. The van der Waals surface area contributed by atoms with Gasteiger partial charge in [-0.15, -0.1) is 0 Å². The van der Waals surface area contributed by atoms with Gasteiger partial charge in [-0.05, 0) is 30.7 Å². The van der Waals surface area contributed by atoms with E-state index in [-0.39, 0.29) is 11.6 Å². The van der Waals surface area contributed by atoms with Crippen LogP contribution in [0.1, 0.15) is 32.3 Å². The van der Waals surface area contributed by atoms with Crippen LogP contribution in [0.3, 0.4) is 0 Å². The Bertz CT molecular complexity index is 324. The molecular weight excluding hydrogens is 205 g/mol. The number of phenols is 1. The van der Waals surface area contributed by atoms with Crippen LogP contribution < -0.4 is 5.32 Å². The first-order valence-corrected chi connectivity index (χ1v) is 5.85. The molecule has 0 aromatic heterocycles. The van der Waals surface area contributed by atoms with E-state index in [2.05, 4.69) is 19.2 Å². The second kappa shape index (κ2) is 6.48. The van der Waals surface area contributed by atoms with Crippen LogP contribution in [0.15, 0.2) is 18.2 Å². The zero-order valence-electron chi connectivity index (χ0n) is 9.96. The van der Waals surface area contributed by atoms with Gasteiger partial charge >= 0.3 is 0 Å². The molecular formula is C13H20FNO. The van der Waals surface area contributed by atoms with E-state index in [9.17, 15) is 9.50 Å². The number of hydrogen-bond acceptors (Lipinski definition) is 2. The second-order valence-electron chi connectivity index (χ2n) is 4.09. The second-order valence-corrected chi connectivity index (χ2v) is 4.09. The SMILES string of the molecule is CCC(CC)CNCc1cc(F)ccc1O. The summed E-state index contributed by atoms with van der Waals surface area (Å²) in [6, 6.07) is 4.03. The summed E-state index contributed by atoms with van der Waals surface area (Å²) in [5.74, 6) is 0.492. The van der Waals surface area contributed by atoms with E-state index in [1.54, 1.807) is 0 Å². The summed E-state index contributed by atoms with van der Waals surface area (Å²) in [6.07, 6.45) is 2.28. The standard InChI is InChI=1S/C13H20FNO/c1-3-10(4-2)8-15-9-11-7-12(14)5-6-13(11)16/h5-7,10,15-16H,3-4,8-9H2,1-2H3. The van der Waals surface area contributed by atoms with Gasteiger partial charge in [-0.25, -0.2) is 4.39 Å². The molecule has 0 amide bonds. The number of phenolic OH excluding ortho intramolecular Hbond substituents is 1. The van der Waals surface area contributed by atoms with Crippen LogP contribution in [-0.2, 0) is 6.54 Å². The summed E-state index contributed by atoms with van der Waals surface area (Å²) in [5, 5.41) is 12.8. The predicted molar refractivity (Wildman–Crippen MR) is 63.8 cm³/mol. The maximum absolute atomic E-state index is 12.9. The van der Waals surface area contributed by atoms with E-state index < -0.39 is 0 Å². The lowest BCUT2D eigenvalue weighted by Crippen LogP contribution is -2.21. The average Bonchev–Trinajstić information content (AvgIpc) is 2.29. The van der Waals surface area contributed by atoms with Crippen LogP contribution in [0.4, 0.5) is 4.39 Å². The molecule has 0 aliphatic carbocycles. The van der Waals surface area contributed by atoms with Gasteiger partial charge in [0.25, 0.3) is 0 Å². The number of halogens is 1. The fraction of sp³-hybridized carbons (Fsp3) is 0.538. The van der Waals surface area contributed by atoms with Gasteiger partial charge in [-0.3, -0.25) is 0 Å². The van der Waals surface area contributed by atoms with Crippen molar-refractivity contribution in [1.82, 2.24) is 5.32 Å². The lowest BCUT2D eigenvalue weighted by molar-refractivity contribution is 0.435. The molecule has 2 N–H and O–H groups in total. The van der Waals surface area contributed by atoms with Crippen LogP contribution in [0.5, 0.6) is 5.75 Å². The molecule has 0 saturated carbocycles. The van der Waals surface area contributed by atoms with Gasteiger partial charge < -0.3 is 10.4 Å². The summed E-state index contributed by atoms with van der Waals surface area (Å²) >= 11 is 0. The Morgan fingerprint density at radius 3 is 2.62 bits per heavy atom. The maximum Gasteiger partial charge on any atom is 0.123 e. The largest absolute Gasteiger partial charge is 0.508 e. The molecule has 1 rings (SSSR count). The van der Waals surface area contributed by atoms with Crippen LogP contribution in [0, 0.1) is 11.7 Å². The van der Waals surface area contributed by atoms with E-state index in [0.29, 0.717) is 18.0 Å². The number of nitrogens with one attached hydrogen (secondary N) is 1. The van der Waals surface area contributed by atoms with Crippen molar-refractivity contribution in [2.75, 3.05) is 6.54 Å². The van der Waals surface area contributed by atoms with Gasteiger partial charge in [0.2, 0.25) is 0 Å². The summed E-state index contributed by atoms with van der Waals surface area (Å²) in [4.78, 5) is 0. The van der Waals surface area contributed by atoms with Gasteiger partial charge in [0.15, 0.2) is 0 Å². The van der Waals surface area contributed by atoms with Crippen molar-refractivity contribution in [2.24, 2.45) is 5.92 Å². The van der Waals surface area contributed by atoms with Crippen molar-refractivity contribution in [3.8, 4) is 5.75 Å². The minimum atomic E-state index is -0.308. The van der Waals surface area contributed by atoms with E-state index >= 15 is 0 Å². The Morgan fingerprint density at radius 2 is 2.00 bits per heavy atom. The topological polar surface area (TPSA) is 32.3 Å². The highest BCUT2D eigenvalue weighted by Crippen LogP contribution is 2.17. The van der Waals surface area contributed by atoms with E-state index in [4.69, 9.17) is 0 Å². The monoisotopic (exact) mass is 225 g/mol. The van der Waals surface area contributed by atoms with Crippen molar-refractivity contribution in [2.45, 2.75) is 33.2 Å². The van der Waals surface area contributed by atoms with Crippen LogP contribution >= 0.6 is 0 Å². The number of hydrogen-bond donors (Lipinski definition) is 2. The van der Waals surface area contributed by atoms with Crippen LogP contribution in [0.25, 0.3) is 0 Å². The fourth-order valence-corrected chi connectivity index (χ4v) is 1.68. The van der Waals surface area contributed by atoms with Crippen molar-refractivity contribution in [3.63, 3.8) is 0 Å². The molecule has 0 bridgehead atoms. The number of aromatic hydroxyl groups is 1. The maximum atomic E-state index is 12.9. The van der Waals surface area contributed by atoms with Gasteiger partial charge in [0.1, 0.15) is 11.6 Å². The lowest BCUT2D eigenvalue weighted by atomic mass is 10.0. The summed E-state index contributed by atoms with van der Waals surface area (Å²) in [6.45, 7) is 5.74. The Hall–Kier alpha value is -1.09. The molecule has 1 aromatic carbocycles. The Kier molecular flexibility index (Phi) is 5.26. The first-order valence-electron chi connectivity index (χ1n) is 5.85. The van der Waals surface area contributed by atoms with Crippen molar-refractivity contribution in [3.05, 3.63) is 29.6 Å². The molecule has 16 heavy (non-hydrogen) atoms. The average molecular weight is 225 g/mol. The number of rotatable bonds is 6. The normalized spacial score (nSPS) is 11.0. The molecule has 0 aliphatic rings. The van der Waals surface area contributed by atoms with Gasteiger partial charge in [-0.2, -0.15) is 0 Å². The molecule has 0 unspecified atom stereocenters. The molecule has 0 radical (unpaired) electrons. The molecule has 2 nitrogen and oxygen atoms in total. The van der Waals surface area contributed by atoms with E-state index in [1.807, 2.05) is 0 Å². The predicted octanol–water partition coefficient (Wildman–Crippen LogP) is 3.06. The third-order valence-electron chi connectivity index (χ3n) is 2.94. The molecule has 3 heteroatoms. The number of benzene rings is 1. The minimum Gasteiger partial charge on any atom is -0.508 e. The summed E-state index contributed by atoms with van der Waals surface area (Å²) in [5.41, 5.74) is 0.617. The van der Waals surface area contributed by atoms with Gasteiger partial charge in [0, 0.05) is 12.1 Å². The highest BCUT2D eigenvalue weighted by atomic mass is 19.1. The van der Waals surface area contributed by atoms with E-state index in [1.165, 1.54) is 18.2 Å². The van der Waals surface area contributed by atoms with Crippen molar-refractivity contribution < 1.29 is 9.50 Å². The minimum absolute atomic E-state index is 0.151. The third-order valence-corrected chi connectivity index (χ3v) is 2.94. The Labute approximate surface area is 96.5 Å². The Balaban J connectivity index is 2.45. The fourth-order valence-electron chi connectivity index (χ4n) is 1.68. The van der Waals surface area contributed by atoms with Crippen LogP contribution in [0.2, 0.25) is 0 Å². The lowest BCUT2D eigenvalue weighted by Gasteiger charge is -2.13. The smallest absolute Gasteiger partial charge is 0.123 e. The van der Waals surface area contributed by atoms with Crippen molar-refractivity contribution >= 4 is 0 Å². The molecule has 1 aromatic rings. The summed E-state index contributed by atoms with van der Waals surface area (Å²) in [7, 11) is 0. The van der Waals surface area contributed by atoms with Gasteiger partial charge in [-0.1, -0.05) is 26.7 Å². The molecule has 90 valence electrons. The highest BCUT2D eigenvalue weighted by Gasteiger charge is 2.05. The van der Waals surface area contributed by atoms with E-state index in [0.717, 1.165) is 19.4 Å².